The fourth-order valence-corrected chi connectivity index (χ4v) is 1.15. The van der Waals surface area contributed by atoms with E-state index in [0.717, 1.165) is 18.4 Å². The van der Waals surface area contributed by atoms with Crippen LogP contribution in [0.4, 0.5) is 0 Å². The van der Waals surface area contributed by atoms with Gasteiger partial charge >= 0.3 is 0 Å². The second kappa shape index (κ2) is 6.41. The molecule has 0 aromatic rings. The van der Waals surface area contributed by atoms with Crippen molar-refractivity contribution in [3.63, 3.8) is 0 Å². The predicted octanol–water partition coefficient (Wildman–Crippen LogP) is 2.82. The van der Waals surface area contributed by atoms with E-state index in [9.17, 15) is 4.79 Å². The van der Waals surface area contributed by atoms with E-state index in [1.807, 2.05) is 13.8 Å². The Bertz CT molecular complexity index is 257. The first-order valence-corrected chi connectivity index (χ1v) is 5.00. The molecule has 0 saturated carbocycles. The Balaban J connectivity index is 4.24. The van der Waals surface area contributed by atoms with Crippen molar-refractivity contribution in [1.82, 2.24) is 5.32 Å². The highest BCUT2D eigenvalue weighted by Crippen LogP contribution is 2.11. The zero-order valence-electron chi connectivity index (χ0n) is 9.90. The average molecular weight is 195 g/mol. The molecule has 0 aliphatic heterocycles. The zero-order chi connectivity index (χ0) is 11.1. The van der Waals surface area contributed by atoms with Gasteiger partial charge in [-0.1, -0.05) is 17.2 Å². The standard InChI is InChI=1S/C12H21NO/c1-9(2)7-6-8-10(3)11(4)12(14)13-5/h7H,6,8H2,1-5H3,(H,13,14)/b11-10+. The Labute approximate surface area is 87.1 Å². The second-order valence-corrected chi connectivity index (χ2v) is 3.80. The highest BCUT2D eigenvalue weighted by atomic mass is 16.1. The maximum atomic E-state index is 11.3. The van der Waals surface area contributed by atoms with E-state index < -0.39 is 0 Å². The van der Waals surface area contributed by atoms with E-state index in [1.54, 1.807) is 7.05 Å². The molecule has 0 bridgehead atoms. The summed E-state index contributed by atoms with van der Waals surface area (Å²) in [6, 6.07) is 0. The smallest absolute Gasteiger partial charge is 0.246 e. The van der Waals surface area contributed by atoms with Crippen LogP contribution in [0.1, 0.15) is 40.5 Å². The first-order chi connectivity index (χ1) is 6.49. The van der Waals surface area contributed by atoms with Gasteiger partial charge in [0.15, 0.2) is 0 Å². The average Bonchev–Trinajstić information content (AvgIpc) is 2.14. The van der Waals surface area contributed by atoms with E-state index in [-0.39, 0.29) is 5.91 Å². The summed E-state index contributed by atoms with van der Waals surface area (Å²) in [6.45, 7) is 8.06. The number of hydrogen-bond acceptors (Lipinski definition) is 1. The first kappa shape index (κ1) is 12.9. The van der Waals surface area contributed by atoms with Crippen LogP contribution in [-0.2, 0) is 4.79 Å². The van der Waals surface area contributed by atoms with Crippen molar-refractivity contribution in [2.75, 3.05) is 7.05 Å². The van der Waals surface area contributed by atoms with Gasteiger partial charge in [-0.2, -0.15) is 0 Å². The van der Waals surface area contributed by atoms with Gasteiger partial charge in [0.05, 0.1) is 0 Å². The summed E-state index contributed by atoms with van der Waals surface area (Å²) in [7, 11) is 1.66. The van der Waals surface area contributed by atoms with E-state index in [2.05, 4.69) is 25.2 Å². The van der Waals surface area contributed by atoms with Gasteiger partial charge in [-0.25, -0.2) is 0 Å². The fourth-order valence-electron chi connectivity index (χ4n) is 1.15. The molecule has 0 spiro atoms. The molecule has 80 valence electrons. The number of hydrogen-bond donors (Lipinski definition) is 1. The summed E-state index contributed by atoms with van der Waals surface area (Å²) < 4.78 is 0. The molecule has 0 aliphatic rings. The Hall–Kier alpha value is -1.05. The lowest BCUT2D eigenvalue weighted by atomic mass is 10.0. The number of carbonyl (C=O) groups is 1. The van der Waals surface area contributed by atoms with Crippen LogP contribution >= 0.6 is 0 Å². The molecule has 0 radical (unpaired) electrons. The molecule has 0 saturated heterocycles. The minimum Gasteiger partial charge on any atom is -0.355 e. The number of amides is 1. The number of carbonyl (C=O) groups excluding carboxylic acids is 1. The van der Waals surface area contributed by atoms with Crippen LogP contribution < -0.4 is 5.32 Å². The molecule has 0 aliphatic carbocycles. The van der Waals surface area contributed by atoms with E-state index in [0.29, 0.717) is 0 Å². The minimum absolute atomic E-state index is 0.0275. The highest BCUT2D eigenvalue weighted by molar-refractivity contribution is 5.93. The Morgan fingerprint density at radius 1 is 1.21 bits per heavy atom. The summed E-state index contributed by atoms with van der Waals surface area (Å²) >= 11 is 0. The quantitative estimate of drug-likeness (QED) is 0.542. The first-order valence-electron chi connectivity index (χ1n) is 5.00. The molecule has 0 atom stereocenters. The van der Waals surface area contributed by atoms with Gasteiger partial charge in [0, 0.05) is 12.6 Å². The normalized spacial score (nSPS) is 11.8. The largest absolute Gasteiger partial charge is 0.355 e. The zero-order valence-corrected chi connectivity index (χ0v) is 9.90. The van der Waals surface area contributed by atoms with Gasteiger partial charge in [-0.3, -0.25) is 4.79 Å². The van der Waals surface area contributed by atoms with Gasteiger partial charge in [0.1, 0.15) is 0 Å². The summed E-state index contributed by atoms with van der Waals surface area (Å²) in [5.41, 5.74) is 3.34. The molecule has 0 aromatic heterocycles. The van der Waals surface area contributed by atoms with Crippen molar-refractivity contribution in [2.24, 2.45) is 0 Å². The van der Waals surface area contributed by atoms with Gasteiger partial charge in [0.2, 0.25) is 5.91 Å². The molecule has 0 aromatic carbocycles. The Morgan fingerprint density at radius 3 is 2.21 bits per heavy atom. The van der Waals surface area contributed by atoms with Crippen molar-refractivity contribution in [3.8, 4) is 0 Å². The van der Waals surface area contributed by atoms with Crippen LogP contribution in [0.3, 0.4) is 0 Å². The fraction of sp³-hybridized carbons (Fsp3) is 0.583. The van der Waals surface area contributed by atoms with Crippen LogP contribution in [0, 0.1) is 0 Å². The van der Waals surface area contributed by atoms with Crippen molar-refractivity contribution in [1.29, 1.82) is 0 Å². The monoisotopic (exact) mass is 195 g/mol. The number of nitrogens with one attached hydrogen (secondary N) is 1. The summed E-state index contributed by atoms with van der Waals surface area (Å²) in [4.78, 5) is 11.3. The van der Waals surface area contributed by atoms with Gasteiger partial charge in [-0.05, 0) is 40.5 Å². The van der Waals surface area contributed by atoms with E-state index >= 15 is 0 Å². The van der Waals surface area contributed by atoms with Crippen LogP contribution in [0.15, 0.2) is 22.8 Å². The lowest BCUT2D eigenvalue weighted by molar-refractivity contribution is -0.117. The number of allylic oxidation sites excluding steroid dienone is 3. The minimum atomic E-state index is 0.0275. The van der Waals surface area contributed by atoms with Crippen molar-refractivity contribution in [2.45, 2.75) is 40.5 Å². The topological polar surface area (TPSA) is 29.1 Å². The number of rotatable bonds is 4. The molecule has 0 unspecified atom stereocenters. The molecule has 1 N–H and O–H groups in total. The molecule has 0 fully saturated rings. The Kier molecular flexibility index (Phi) is 5.93. The van der Waals surface area contributed by atoms with Crippen molar-refractivity contribution < 1.29 is 4.79 Å². The van der Waals surface area contributed by atoms with E-state index in [1.165, 1.54) is 11.1 Å². The van der Waals surface area contributed by atoms with Crippen LogP contribution in [-0.4, -0.2) is 13.0 Å². The summed E-state index contributed by atoms with van der Waals surface area (Å²) in [5, 5.41) is 2.63. The van der Waals surface area contributed by atoms with Crippen LogP contribution in [0.5, 0.6) is 0 Å². The predicted molar refractivity (Wildman–Crippen MR) is 61.1 cm³/mol. The highest BCUT2D eigenvalue weighted by Gasteiger charge is 2.04. The van der Waals surface area contributed by atoms with Crippen molar-refractivity contribution in [3.05, 3.63) is 22.8 Å². The maximum absolute atomic E-state index is 11.3. The SMILES string of the molecule is CNC(=O)/C(C)=C(\C)CCC=C(C)C. The lowest BCUT2D eigenvalue weighted by Crippen LogP contribution is -2.19. The molecule has 2 nitrogen and oxygen atoms in total. The van der Waals surface area contributed by atoms with Crippen LogP contribution in [0.2, 0.25) is 0 Å². The van der Waals surface area contributed by atoms with Gasteiger partial charge < -0.3 is 5.32 Å². The molecular formula is C12H21NO. The second-order valence-electron chi connectivity index (χ2n) is 3.80. The Morgan fingerprint density at radius 2 is 1.79 bits per heavy atom. The third-order valence-corrected chi connectivity index (χ3v) is 2.28. The molecule has 2 heteroatoms. The molecular weight excluding hydrogens is 174 g/mol. The molecule has 0 heterocycles. The molecule has 14 heavy (non-hydrogen) atoms. The van der Waals surface area contributed by atoms with Gasteiger partial charge in [0.25, 0.3) is 0 Å². The van der Waals surface area contributed by atoms with Crippen LogP contribution in [0.25, 0.3) is 0 Å². The third kappa shape index (κ3) is 4.85. The lowest BCUT2D eigenvalue weighted by Gasteiger charge is -2.05. The van der Waals surface area contributed by atoms with Gasteiger partial charge in [-0.15, -0.1) is 0 Å². The maximum Gasteiger partial charge on any atom is 0.246 e. The number of likely N-dealkylation sites (N-methyl/N-ethyl adjacent to an activating group) is 1. The summed E-state index contributed by atoms with van der Waals surface area (Å²) in [6.07, 6.45) is 4.17. The molecule has 0 rings (SSSR count). The summed E-state index contributed by atoms with van der Waals surface area (Å²) in [5.74, 6) is 0.0275. The molecule has 1 amide bonds. The van der Waals surface area contributed by atoms with Crippen molar-refractivity contribution >= 4 is 5.91 Å². The third-order valence-electron chi connectivity index (χ3n) is 2.28. The van der Waals surface area contributed by atoms with E-state index in [4.69, 9.17) is 0 Å².